The van der Waals surface area contributed by atoms with Gasteiger partial charge in [-0.1, -0.05) is 12.1 Å². The Balaban J connectivity index is 2.46. The van der Waals surface area contributed by atoms with E-state index in [0.717, 1.165) is 29.5 Å². The number of carbonyl (C=O) groups excluding carboxylic acids is 1. The summed E-state index contributed by atoms with van der Waals surface area (Å²) in [4.78, 5) is 16.6. The van der Waals surface area contributed by atoms with Crippen LogP contribution >= 0.6 is 45.2 Å². The largest absolute Gasteiger partial charge is 0.288 e. The fourth-order valence-electron chi connectivity index (χ4n) is 1.93. The van der Waals surface area contributed by atoms with E-state index in [1.807, 2.05) is 24.3 Å². The van der Waals surface area contributed by atoms with Gasteiger partial charge in [0.05, 0.1) is 11.3 Å². The molecule has 0 aliphatic heterocycles. The molecule has 1 aliphatic rings. The minimum absolute atomic E-state index is 0.0982. The van der Waals surface area contributed by atoms with Crippen LogP contribution < -0.4 is 0 Å². The van der Waals surface area contributed by atoms with Crippen LogP contribution in [-0.2, 0) is 0 Å². The molecule has 4 heteroatoms. The topological polar surface area (TPSA) is 30.0 Å². The second kappa shape index (κ2) is 3.76. The molecule has 1 heterocycles. The Bertz CT molecular complexity index is 622. The summed E-state index contributed by atoms with van der Waals surface area (Å²) in [6, 6.07) is 7.66. The average molecular weight is 433 g/mol. The lowest BCUT2D eigenvalue weighted by atomic mass is 10.1. The highest BCUT2D eigenvalue weighted by Crippen LogP contribution is 2.39. The first-order chi connectivity index (χ1) is 7.70. The van der Waals surface area contributed by atoms with Crippen molar-refractivity contribution in [3.05, 3.63) is 48.7 Å². The number of ketones is 1. The highest BCUT2D eigenvalue weighted by atomic mass is 127. The highest BCUT2D eigenvalue weighted by Gasteiger charge is 2.31. The number of nitrogens with zero attached hydrogens (tertiary/aromatic N) is 1. The Morgan fingerprint density at radius 2 is 1.75 bits per heavy atom. The molecule has 0 N–H and O–H groups in total. The van der Waals surface area contributed by atoms with E-state index >= 15 is 0 Å². The lowest BCUT2D eigenvalue weighted by Crippen LogP contribution is -1.98. The number of fused-ring (bicyclic) bond motifs is 3. The molecule has 0 bridgehead atoms. The summed E-state index contributed by atoms with van der Waals surface area (Å²) in [6.45, 7) is 0. The lowest BCUT2D eigenvalue weighted by molar-refractivity contribution is 0.104. The first kappa shape index (κ1) is 10.6. The maximum Gasteiger partial charge on any atom is 0.197 e. The quantitative estimate of drug-likeness (QED) is 0.509. The zero-order valence-corrected chi connectivity index (χ0v) is 12.3. The van der Waals surface area contributed by atoms with Gasteiger partial charge in [0.2, 0.25) is 0 Å². The number of hydrogen-bond donors (Lipinski definition) is 0. The predicted octanol–water partition coefficient (Wildman–Crippen LogP) is 3.50. The summed E-state index contributed by atoms with van der Waals surface area (Å²) in [5, 5.41) is 0. The van der Waals surface area contributed by atoms with Crippen molar-refractivity contribution in [3.63, 3.8) is 0 Å². The van der Waals surface area contributed by atoms with Crippen molar-refractivity contribution in [2.75, 3.05) is 0 Å². The molecule has 0 saturated heterocycles. The van der Waals surface area contributed by atoms with E-state index in [1.54, 1.807) is 6.20 Å². The van der Waals surface area contributed by atoms with Crippen LogP contribution in [0.2, 0.25) is 0 Å². The Labute approximate surface area is 120 Å². The third kappa shape index (κ3) is 1.35. The van der Waals surface area contributed by atoms with Crippen LogP contribution in [-0.4, -0.2) is 10.8 Å². The van der Waals surface area contributed by atoms with Crippen molar-refractivity contribution in [1.29, 1.82) is 0 Å². The molecule has 0 atom stereocenters. The fourth-order valence-corrected chi connectivity index (χ4v) is 3.35. The molecule has 1 aromatic carbocycles. The van der Waals surface area contributed by atoms with Crippen LogP contribution in [0, 0.1) is 7.14 Å². The van der Waals surface area contributed by atoms with Gasteiger partial charge in [-0.3, -0.25) is 9.78 Å². The molecule has 2 nitrogen and oxygen atoms in total. The Morgan fingerprint density at radius 1 is 1.00 bits per heavy atom. The summed E-state index contributed by atoms with van der Waals surface area (Å²) in [7, 11) is 0. The van der Waals surface area contributed by atoms with E-state index in [1.165, 1.54) is 0 Å². The van der Waals surface area contributed by atoms with Gasteiger partial charge in [-0.15, -0.1) is 0 Å². The van der Waals surface area contributed by atoms with Crippen LogP contribution in [0.1, 0.15) is 15.9 Å². The fraction of sp³-hybridized carbons (Fsp3) is 0. The van der Waals surface area contributed by atoms with Gasteiger partial charge in [-0.25, -0.2) is 0 Å². The van der Waals surface area contributed by atoms with Crippen molar-refractivity contribution in [1.82, 2.24) is 4.98 Å². The number of hydrogen-bond acceptors (Lipinski definition) is 2. The van der Waals surface area contributed by atoms with Gasteiger partial charge in [0.25, 0.3) is 0 Å². The van der Waals surface area contributed by atoms with Crippen molar-refractivity contribution < 1.29 is 4.79 Å². The van der Waals surface area contributed by atoms with Crippen molar-refractivity contribution in [3.8, 4) is 11.3 Å². The van der Waals surface area contributed by atoms with Gasteiger partial charge in [-0.05, 0) is 57.3 Å². The summed E-state index contributed by atoms with van der Waals surface area (Å²) < 4.78 is 2.05. The van der Waals surface area contributed by atoms with E-state index in [2.05, 4.69) is 50.2 Å². The minimum Gasteiger partial charge on any atom is -0.288 e. The number of carbonyl (C=O) groups is 1. The van der Waals surface area contributed by atoms with Crippen molar-refractivity contribution >= 4 is 51.0 Å². The maximum atomic E-state index is 12.2. The monoisotopic (exact) mass is 433 g/mol. The third-order valence-corrected chi connectivity index (χ3v) is 4.42. The Hall–Kier alpha value is -0.500. The van der Waals surface area contributed by atoms with E-state index in [-0.39, 0.29) is 5.78 Å². The maximum absolute atomic E-state index is 12.2. The molecule has 0 fully saturated rings. The van der Waals surface area contributed by atoms with Gasteiger partial charge in [0.1, 0.15) is 0 Å². The number of aromatic nitrogens is 1. The molecule has 0 radical (unpaired) electrons. The standard InChI is InChI=1S/C12H5I2NO/c13-7-3-1-2-6-9(7)11-10(12(6)16)8(14)4-5-15-11/h1-5H. The Morgan fingerprint density at radius 3 is 2.56 bits per heavy atom. The second-order valence-electron chi connectivity index (χ2n) is 3.51. The molecular weight excluding hydrogens is 428 g/mol. The van der Waals surface area contributed by atoms with E-state index in [9.17, 15) is 4.79 Å². The van der Waals surface area contributed by atoms with Gasteiger partial charge < -0.3 is 0 Å². The molecule has 1 aliphatic carbocycles. The molecule has 78 valence electrons. The lowest BCUT2D eigenvalue weighted by Gasteiger charge is -2.01. The van der Waals surface area contributed by atoms with Crippen LogP contribution in [0.15, 0.2) is 30.5 Å². The zero-order valence-electron chi connectivity index (χ0n) is 8.00. The van der Waals surface area contributed by atoms with Gasteiger partial charge in [-0.2, -0.15) is 0 Å². The molecule has 1 aromatic heterocycles. The SMILES string of the molecule is O=C1c2cccc(I)c2-c2nccc(I)c21. The first-order valence-corrected chi connectivity index (χ1v) is 6.84. The first-order valence-electron chi connectivity index (χ1n) is 4.68. The Kier molecular flexibility index (Phi) is 2.50. The predicted molar refractivity (Wildman–Crippen MR) is 78.5 cm³/mol. The van der Waals surface area contributed by atoms with E-state index in [0.29, 0.717) is 0 Å². The molecule has 0 spiro atoms. The molecule has 0 saturated carbocycles. The molecule has 3 rings (SSSR count). The number of rotatable bonds is 0. The number of halogens is 2. The average Bonchev–Trinajstić information content (AvgIpc) is 2.56. The number of benzene rings is 1. The van der Waals surface area contributed by atoms with Crippen LogP contribution in [0.3, 0.4) is 0 Å². The molecule has 0 unspecified atom stereocenters. The van der Waals surface area contributed by atoms with Crippen LogP contribution in [0.4, 0.5) is 0 Å². The van der Waals surface area contributed by atoms with E-state index in [4.69, 9.17) is 0 Å². The minimum atomic E-state index is 0.0982. The number of pyridine rings is 1. The molecule has 2 aromatic rings. The van der Waals surface area contributed by atoms with E-state index < -0.39 is 0 Å². The van der Waals surface area contributed by atoms with Crippen LogP contribution in [0.5, 0.6) is 0 Å². The van der Waals surface area contributed by atoms with Crippen molar-refractivity contribution in [2.24, 2.45) is 0 Å². The summed E-state index contributed by atoms with van der Waals surface area (Å²) in [5.41, 5.74) is 3.35. The third-order valence-electron chi connectivity index (χ3n) is 2.62. The highest BCUT2D eigenvalue weighted by molar-refractivity contribution is 14.1. The normalized spacial score (nSPS) is 12.5. The summed E-state index contributed by atoms with van der Waals surface area (Å²) in [6.07, 6.45) is 1.76. The zero-order chi connectivity index (χ0) is 11.3. The second-order valence-corrected chi connectivity index (χ2v) is 5.83. The molecular formula is C12H5I2NO. The summed E-state index contributed by atoms with van der Waals surface area (Å²) in [5.74, 6) is 0.0982. The molecule has 0 amide bonds. The molecule has 16 heavy (non-hydrogen) atoms. The van der Waals surface area contributed by atoms with Crippen molar-refractivity contribution in [2.45, 2.75) is 0 Å². The van der Waals surface area contributed by atoms with Crippen LogP contribution in [0.25, 0.3) is 11.3 Å². The summed E-state index contributed by atoms with van der Waals surface area (Å²) >= 11 is 4.44. The smallest absolute Gasteiger partial charge is 0.197 e. The van der Waals surface area contributed by atoms with Gasteiger partial charge in [0, 0.05) is 24.5 Å². The van der Waals surface area contributed by atoms with Gasteiger partial charge in [0.15, 0.2) is 5.78 Å². The van der Waals surface area contributed by atoms with Gasteiger partial charge >= 0.3 is 0 Å².